The Morgan fingerprint density at radius 2 is 1.69 bits per heavy atom. The molecule has 1 N–H and O–H groups in total. The number of carbonyl (C=O) groups excluding carboxylic acids is 1. The molecule has 0 aliphatic rings. The van der Waals surface area contributed by atoms with E-state index in [2.05, 4.69) is 0 Å². The van der Waals surface area contributed by atoms with Crippen LogP contribution in [-0.4, -0.2) is 30.2 Å². The molecule has 29 heavy (non-hydrogen) atoms. The number of methoxy groups -OCH3 is 1. The fourth-order valence-corrected chi connectivity index (χ4v) is 3.36. The van der Waals surface area contributed by atoms with Gasteiger partial charge in [0, 0.05) is 16.0 Å². The first-order valence-electron chi connectivity index (χ1n) is 8.41. The van der Waals surface area contributed by atoms with Crippen LogP contribution in [0, 0.1) is 13.8 Å². The zero-order chi connectivity index (χ0) is 21.9. The summed E-state index contributed by atoms with van der Waals surface area (Å²) in [6, 6.07) is 6.79. The molecule has 0 unspecified atom stereocenters. The second-order valence-electron chi connectivity index (χ2n) is 6.18. The Kier molecular flexibility index (Phi) is 6.79. The number of carboxylic acids is 1. The highest BCUT2D eigenvalue weighted by atomic mass is 32.2. The van der Waals surface area contributed by atoms with Crippen LogP contribution in [0.3, 0.4) is 0 Å². The first kappa shape index (κ1) is 22.5. The molecular formula is C21H19F3O4S. The van der Waals surface area contributed by atoms with Gasteiger partial charge in [0.15, 0.2) is 5.78 Å². The largest absolute Gasteiger partial charge is 0.495 e. The van der Waals surface area contributed by atoms with Crippen LogP contribution in [-0.2, 0) is 6.18 Å². The summed E-state index contributed by atoms with van der Waals surface area (Å²) in [5.41, 5.74) is -1.59. The van der Waals surface area contributed by atoms with Crippen molar-refractivity contribution in [3.8, 4) is 5.75 Å². The Labute approximate surface area is 170 Å². The Balaban J connectivity index is 2.62. The summed E-state index contributed by atoms with van der Waals surface area (Å²) in [4.78, 5) is 24.9. The second kappa shape index (κ2) is 8.73. The molecule has 8 heteroatoms. The normalized spacial score (nSPS) is 11.7. The first-order valence-corrected chi connectivity index (χ1v) is 9.63. The molecular weight excluding hydrogens is 405 g/mol. The minimum absolute atomic E-state index is 0.0106. The minimum atomic E-state index is -4.95. The molecule has 0 aliphatic carbocycles. The molecule has 0 aliphatic heterocycles. The number of carboxylic acid groups (broad SMARTS) is 1. The van der Waals surface area contributed by atoms with Gasteiger partial charge in [0.2, 0.25) is 0 Å². The van der Waals surface area contributed by atoms with Crippen molar-refractivity contribution in [3.63, 3.8) is 0 Å². The fourth-order valence-electron chi connectivity index (χ4n) is 2.96. The molecule has 0 bridgehead atoms. The number of aromatic carboxylic acids is 1. The van der Waals surface area contributed by atoms with Gasteiger partial charge in [0.05, 0.1) is 12.7 Å². The summed E-state index contributed by atoms with van der Waals surface area (Å²) in [6.07, 6.45) is -0.670. The number of hydrogen-bond donors (Lipinski definition) is 1. The van der Waals surface area contributed by atoms with Crippen LogP contribution in [0.1, 0.15) is 43.0 Å². The van der Waals surface area contributed by atoms with Crippen LogP contribution in [0.2, 0.25) is 0 Å². The lowest BCUT2D eigenvalue weighted by Crippen LogP contribution is -2.18. The van der Waals surface area contributed by atoms with Crippen molar-refractivity contribution in [2.24, 2.45) is 0 Å². The van der Waals surface area contributed by atoms with Crippen LogP contribution in [0.25, 0.3) is 6.08 Å². The van der Waals surface area contributed by atoms with Gasteiger partial charge < -0.3 is 9.84 Å². The zero-order valence-electron chi connectivity index (χ0n) is 16.2. The third-order valence-electron chi connectivity index (χ3n) is 4.54. The van der Waals surface area contributed by atoms with E-state index < -0.39 is 34.8 Å². The Morgan fingerprint density at radius 3 is 2.14 bits per heavy atom. The number of alkyl halides is 3. The molecule has 154 valence electrons. The predicted molar refractivity (Wildman–Crippen MR) is 106 cm³/mol. The summed E-state index contributed by atoms with van der Waals surface area (Å²) in [6.45, 7) is 2.79. The molecule has 0 heterocycles. The molecule has 0 saturated carbocycles. The molecule has 0 radical (unpaired) electrons. The van der Waals surface area contributed by atoms with E-state index in [9.17, 15) is 27.9 Å². The summed E-state index contributed by atoms with van der Waals surface area (Å²) < 4.78 is 45.9. The van der Waals surface area contributed by atoms with Crippen LogP contribution < -0.4 is 4.74 Å². The van der Waals surface area contributed by atoms with Crippen molar-refractivity contribution in [1.29, 1.82) is 0 Å². The summed E-state index contributed by atoms with van der Waals surface area (Å²) >= 11 is 1.52. The van der Waals surface area contributed by atoms with Crippen LogP contribution in [0.15, 0.2) is 35.2 Å². The quantitative estimate of drug-likeness (QED) is 0.369. The number of carbonyl (C=O) groups is 2. The van der Waals surface area contributed by atoms with Crippen LogP contribution in [0.4, 0.5) is 13.2 Å². The van der Waals surface area contributed by atoms with E-state index in [-0.39, 0.29) is 16.7 Å². The zero-order valence-corrected chi connectivity index (χ0v) is 17.0. The highest BCUT2D eigenvalue weighted by Gasteiger charge is 2.41. The van der Waals surface area contributed by atoms with Gasteiger partial charge in [-0.05, 0) is 67.6 Å². The standard InChI is InChI=1S/C21H19F3O4S/c1-11-12(2)17(20(26)27)18(21(22,23)24)19(28-3)15(11)9-10-16(25)13-5-7-14(29-4)8-6-13/h5-10H,1-4H3,(H,26,27). The highest BCUT2D eigenvalue weighted by Crippen LogP contribution is 2.44. The van der Waals surface area contributed by atoms with Crippen molar-refractivity contribution >= 4 is 29.6 Å². The Hall–Kier alpha value is -2.74. The molecule has 0 spiro atoms. The highest BCUT2D eigenvalue weighted by molar-refractivity contribution is 7.98. The van der Waals surface area contributed by atoms with Crippen molar-refractivity contribution in [2.45, 2.75) is 24.9 Å². The maximum absolute atomic E-state index is 13.6. The van der Waals surface area contributed by atoms with Crippen LogP contribution in [0.5, 0.6) is 5.75 Å². The number of rotatable bonds is 6. The average molecular weight is 424 g/mol. The SMILES string of the molecule is COc1c(C=CC(=O)c2ccc(SC)cc2)c(C)c(C)c(C(=O)O)c1C(F)(F)F. The van der Waals surface area contributed by atoms with Crippen LogP contribution >= 0.6 is 11.8 Å². The van der Waals surface area contributed by atoms with E-state index in [0.29, 0.717) is 5.56 Å². The maximum atomic E-state index is 13.6. The van der Waals surface area contributed by atoms with E-state index in [1.54, 1.807) is 24.3 Å². The van der Waals surface area contributed by atoms with E-state index in [1.807, 2.05) is 6.26 Å². The summed E-state index contributed by atoms with van der Waals surface area (Å²) in [5, 5.41) is 9.33. The predicted octanol–water partition coefficient (Wildman–Crippen LogP) is 5.65. The van der Waals surface area contributed by atoms with Crippen molar-refractivity contribution < 1.29 is 32.6 Å². The molecule has 0 saturated heterocycles. The van der Waals surface area contributed by atoms with Crippen molar-refractivity contribution in [2.75, 3.05) is 13.4 Å². The number of ketones is 1. The molecule has 4 nitrogen and oxygen atoms in total. The molecule has 0 atom stereocenters. The molecule has 0 fully saturated rings. The topological polar surface area (TPSA) is 63.6 Å². The van der Waals surface area contributed by atoms with Gasteiger partial charge in [-0.25, -0.2) is 4.79 Å². The minimum Gasteiger partial charge on any atom is -0.495 e. The summed E-state index contributed by atoms with van der Waals surface area (Å²) in [5.74, 6) is -2.72. The monoisotopic (exact) mass is 424 g/mol. The Morgan fingerprint density at radius 1 is 1.10 bits per heavy atom. The van der Waals surface area contributed by atoms with Gasteiger partial charge >= 0.3 is 12.1 Å². The van der Waals surface area contributed by atoms with Gasteiger partial charge in [-0.1, -0.05) is 0 Å². The van der Waals surface area contributed by atoms with Gasteiger partial charge in [-0.15, -0.1) is 11.8 Å². The second-order valence-corrected chi connectivity index (χ2v) is 7.06. The van der Waals surface area contributed by atoms with Crippen molar-refractivity contribution in [3.05, 3.63) is 63.7 Å². The number of hydrogen-bond acceptors (Lipinski definition) is 4. The molecule has 0 aromatic heterocycles. The van der Waals surface area contributed by atoms with E-state index in [1.165, 1.54) is 31.7 Å². The van der Waals surface area contributed by atoms with E-state index in [0.717, 1.165) is 18.1 Å². The molecule has 2 aromatic rings. The first-order chi connectivity index (χ1) is 13.5. The lowest BCUT2D eigenvalue weighted by molar-refractivity contribution is -0.139. The third-order valence-corrected chi connectivity index (χ3v) is 5.28. The van der Waals surface area contributed by atoms with Gasteiger partial charge in [-0.3, -0.25) is 4.79 Å². The Bertz CT molecular complexity index is 977. The molecule has 0 amide bonds. The summed E-state index contributed by atoms with van der Waals surface area (Å²) in [7, 11) is 1.03. The number of benzene rings is 2. The van der Waals surface area contributed by atoms with Gasteiger partial charge in [0.25, 0.3) is 0 Å². The lowest BCUT2D eigenvalue weighted by atomic mass is 9.90. The van der Waals surface area contributed by atoms with Crippen molar-refractivity contribution in [1.82, 2.24) is 0 Å². The number of ether oxygens (including phenoxy) is 1. The number of allylic oxidation sites excluding steroid dienone is 1. The lowest BCUT2D eigenvalue weighted by Gasteiger charge is -2.21. The number of halogens is 3. The molecule has 2 rings (SSSR count). The smallest absolute Gasteiger partial charge is 0.420 e. The van der Waals surface area contributed by atoms with E-state index in [4.69, 9.17) is 4.74 Å². The van der Waals surface area contributed by atoms with Gasteiger partial charge in [-0.2, -0.15) is 13.2 Å². The van der Waals surface area contributed by atoms with Gasteiger partial charge in [0.1, 0.15) is 11.3 Å². The van der Waals surface area contributed by atoms with E-state index >= 15 is 0 Å². The number of thioether (sulfide) groups is 1. The fraction of sp³-hybridized carbons (Fsp3) is 0.238. The third kappa shape index (κ3) is 4.64. The average Bonchev–Trinajstić information content (AvgIpc) is 2.67. The molecule has 2 aromatic carbocycles. The maximum Gasteiger partial charge on any atom is 0.420 e.